The highest BCUT2D eigenvalue weighted by atomic mass is 32.1. The Morgan fingerprint density at radius 1 is 1.24 bits per heavy atom. The van der Waals surface area contributed by atoms with Crippen LogP contribution in [0.15, 0.2) is 9.59 Å². The van der Waals surface area contributed by atoms with Gasteiger partial charge in [-0.3, -0.25) is 23.1 Å². The van der Waals surface area contributed by atoms with Gasteiger partial charge in [0, 0.05) is 13.1 Å². The van der Waals surface area contributed by atoms with Crippen LogP contribution in [0.5, 0.6) is 0 Å². The van der Waals surface area contributed by atoms with E-state index in [0.717, 1.165) is 15.9 Å². The van der Waals surface area contributed by atoms with Gasteiger partial charge in [0.15, 0.2) is 6.29 Å². The number of thiophene rings is 1. The molecule has 2 heterocycles. The molecule has 0 spiro atoms. The van der Waals surface area contributed by atoms with Gasteiger partial charge in [-0.15, -0.1) is 11.3 Å². The fraction of sp³-hybridized carbons (Fsp3) is 0.500. The Hall–Kier alpha value is -1.76. The van der Waals surface area contributed by atoms with Crippen molar-refractivity contribution in [2.45, 2.75) is 39.8 Å². The molecule has 2 aromatic heterocycles. The van der Waals surface area contributed by atoms with Crippen LogP contribution in [0.2, 0.25) is 0 Å². The summed E-state index contributed by atoms with van der Waals surface area (Å²) in [6.45, 7) is 3.61. The summed E-state index contributed by atoms with van der Waals surface area (Å²) < 4.78 is 14.9. The van der Waals surface area contributed by atoms with Gasteiger partial charge in [-0.1, -0.05) is 0 Å². The van der Waals surface area contributed by atoms with Crippen molar-refractivity contribution in [1.29, 1.82) is 0 Å². The lowest BCUT2D eigenvalue weighted by molar-refractivity contribution is 0.112. The molecule has 0 aliphatic carbocycles. The number of hydrogen-bond acceptors (Lipinski definition) is 4. The van der Waals surface area contributed by atoms with E-state index >= 15 is 0 Å². The minimum absolute atomic E-state index is 0.266. The molecule has 0 aromatic carbocycles. The largest absolute Gasteiger partial charge is 0.332 e. The molecule has 0 aliphatic heterocycles. The van der Waals surface area contributed by atoms with Crippen molar-refractivity contribution in [2.24, 2.45) is 0 Å². The number of rotatable bonds is 6. The summed E-state index contributed by atoms with van der Waals surface area (Å²) in [5.41, 5.74) is -0.148. The van der Waals surface area contributed by atoms with E-state index in [1.165, 1.54) is 4.57 Å². The van der Waals surface area contributed by atoms with Crippen LogP contribution in [0.3, 0.4) is 0 Å². The van der Waals surface area contributed by atoms with E-state index in [0.29, 0.717) is 46.3 Å². The Morgan fingerprint density at radius 2 is 1.95 bits per heavy atom. The fourth-order valence-corrected chi connectivity index (χ4v) is 3.50. The Morgan fingerprint density at radius 3 is 2.52 bits per heavy atom. The second-order valence-corrected chi connectivity index (χ2v) is 5.80. The third-order valence-corrected chi connectivity index (χ3v) is 4.76. The van der Waals surface area contributed by atoms with Crippen molar-refractivity contribution in [3.63, 3.8) is 0 Å². The SMILES string of the molecule is CCn1c(=O)c2c(C)c(C=O)sc2n(CCCCF)c1=O. The summed E-state index contributed by atoms with van der Waals surface area (Å²) >= 11 is 1.14. The summed E-state index contributed by atoms with van der Waals surface area (Å²) in [5.74, 6) is 0. The van der Waals surface area contributed by atoms with Gasteiger partial charge in [0.2, 0.25) is 0 Å². The highest BCUT2D eigenvalue weighted by Gasteiger charge is 2.18. The monoisotopic (exact) mass is 312 g/mol. The normalized spacial score (nSPS) is 11.2. The minimum atomic E-state index is -0.436. The smallest absolute Gasteiger partial charge is 0.297 e. The topological polar surface area (TPSA) is 61.1 Å². The third-order valence-electron chi connectivity index (χ3n) is 3.52. The van der Waals surface area contributed by atoms with E-state index in [1.807, 2.05) is 0 Å². The fourth-order valence-electron chi connectivity index (χ4n) is 2.36. The molecule has 0 unspecified atom stereocenters. The molecule has 0 radical (unpaired) electrons. The van der Waals surface area contributed by atoms with Crippen LogP contribution in [0.4, 0.5) is 4.39 Å². The second-order valence-electron chi connectivity index (χ2n) is 4.77. The van der Waals surface area contributed by atoms with E-state index in [2.05, 4.69) is 0 Å². The lowest BCUT2D eigenvalue weighted by atomic mass is 10.2. The average molecular weight is 312 g/mol. The highest BCUT2D eigenvalue weighted by Crippen LogP contribution is 2.26. The van der Waals surface area contributed by atoms with Crippen LogP contribution in [-0.4, -0.2) is 22.1 Å². The Bertz CT molecular complexity index is 788. The molecule has 114 valence electrons. The molecular weight excluding hydrogens is 295 g/mol. The third kappa shape index (κ3) is 2.57. The predicted octanol–water partition coefficient (Wildman–Crippen LogP) is 2.12. The molecule has 0 saturated carbocycles. The van der Waals surface area contributed by atoms with Gasteiger partial charge in [-0.05, 0) is 32.3 Å². The number of aromatic nitrogens is 2. The molecular formula is C14H17FN2O3S. The Kier molecular flexibility index (Phi) is 4.72. The van der Waals surface area contributed by atoms with Crippen LogP contribution in [-0.2, 0) is 13.1 Å². The first-order chi connectivity index (χ1) is 10.1. The van der Waals surface area contributed by atoms with Gasteiger partial charge in [-0.2, -0.15) is 0 Å². The first-order valence-corrected chi connectivity index (χ1v) is 7.66. The summed E-state index contributed by atoms with van der Waals surface area (Å²) in [6, 6.07) is 0. The summed E-state index contributed by atoms with van der Waals surface area (Å²) in [7, 11) is 0. The van der Waals surface area contributed by atoms with E-state index in [4.69, 9.17) is 0 Å². The average Bonchev–Trinajstić information content (AvgIpc) is 2.80. The molecule has 0 N–H and O–H groups in total. The van der Waals surface area contributed by atoms with Gasteiger partial charge in [0.25, 0.3) is 5.56 Å². The standard InChI is InChI=1S/C14H17FN2O3S/c1-3-16-12(19)11-9(2)10(8-18)21-13(11)17(14(16)20)7-5-4-6-15/h8H,3-7H2,1-2H3. The molecule has 0 bridgehead atoms. The molecule has 2 rings (SSSR count). The van der Waals surface area contributed by atoms with Gasteiger partial charge < -0.3 is 0 Å². The predicted molar refractivity (Wildman–Crippen MR) is 81.4 cm³/mol. The van der Waals surface area contributed by atoms with Crippen molar-refractivity contribution >= 4 is 27.8 Å². The van der Waals surface area contributed by atoms with Gasteiger partial charge >= 0.3 is 5.69 Å². The molecule has 7 heteroatoms. The van der Waals surface area contributed by atoms with Crippen LogP contribution < -0.4 is 11.2 Å². The number of hydrogen-bond donors (Lipinski definition) is 0. The zero-order valence-electron chi connectivity index (χ0n) is 12.0. The lowest BCUT2D eigenvalue weighted by Crippen LogP contribution is -2.39. The number of carbonyl (C=O) groups is 1. The molecule has 21 heavy (non-hydrogen) atoms. The van der Waals surface area contributed by atoms with Gasteiger partial charge in [0.1, 0.15) is 4.83 Å². The number of carbonyl (C=O) groups excluding carboxylic acids is 1. The summed E-state index contributed by atoms with van der Waals surface area (Å²) in [4.78, 5) is 36.8. The zero-order valence-corrected chi connectivity index (χ0v) is 12.8. The zero-order chi connectivity index (χ0) is 15.6. The minimum Gasteiger partial charge on any atom is -0.297 e. The Labute approximate surface area is 124 Å². The van der Waals surface area contributed by atoms with Gasteiger partial charge in [-0.25, -0.2) is 4.79 Å². The quantitative estimate of drug-likeness (QED) is 0.606. The number of unbranched alkanes of at least 4 members (excludes halogenated alkanes) is 1. The number of halogens is 1. The van der Waals surface area contributed by atoms with Crippen LogP contribution in [0.1, 0.15) is 35.0 Å². The maximum Gasteiger partial charge on any atom is 0.332 e. The first kappa shape index (κ1) is 15.6. The molecule has 0 amide bonds. The van der Waals surface area contributed by atoms with Crippen molar-refractivity contribution in [3.8, 4) is 0 Å². The maximum absolute atomic E-state index is 12.4. The van der Waals surface area contributed by atoms with Crippen molar-refractivity contribution in [3.05, 3.63) is 31.3 Å². The van der Waals surface area contributed by atoms with Crippen LogP contribution in [0, 0.1) is 6.92 Å². The van der Waals surface area contributed by atoms with Crippen LogP contribution in [0.25, 0.3) is 10.2 Å². The van der Waals surface area contributed by atoms with Crippen molar-refractivity contribution in [2.75, 3.05) is 6.67 Å². The summed E-state index contributed by atoms with van der Waals surface area (Å²) in [6.07, 6.45) is 1.58. The van der Waals surface area contributed by atoms with E-state index < -0.39 is 12.4 Å². The molecule has 0 fully saturated rings. The molecule has 0 atom stereocenters. The number of aldehydes is 1. The number of nitrogens with zero attached hydrogens (tertiary/aromatic N) is 2. The van der Waals surface area contributed by atoms with E-state index in [9.17, 15) is 18.8 Å². The molecule has 2 aromatic rings. The number of fused-ring (bicyclic) bond motifs is 1. The highest BCUT2D eigenvalue weighted by molar-refractivity contribution is 7.20. The van der Waals surface area contributed by atoms with Crippen molar-refractivity contribution < 1.29 is 9.18 Å². The lowest BCUT2D eigenvalue weighted by Gasteiger charge is -2.10. The molecule has 0 aliphatic rings. The number of alkyl halides is 1. The van der Waals surface area contributed by atoms with E-state index in [-0.39, 0.29) is 12.1 Å². The van der Waals surface area contributed by atoms with E-state index in [1.54, 1.807) is 13.8 Å². The van der Waals surface area contributed by atoms with Crippen LogP contribution >= 0.6 is 11.3 Å². The van der Waals surface area contributed by atoms with Crippen molar-refractivity contribution in [1.82, 2.24) is 9.13 Å². The molecule has 0 saturated heterocycles. The molecule has 5 nitrogen and oxygen atoms in total. The first-order valence-electron chi connectivity index (χ1n) is 6.84. The second kappa shape index (κ2) is 6.34. The van der Waals surface area contributed by atoms with Gasteiger partial charge in [0.05, 0.1) is 16.9 Å². The number of aryl methyl sites for hydroxylation is 2. The maximum atomic E-state index is 12.4. The Balaban J connectivity index is 2.78. The summed E-state index contributed by atoms with van der Waals surface area (Å²) in [5, 5.41) is 0.420.